The summed E-state index contributed by atoms with van der Waals surface area (Å²) in [6, 6.07) is 3.09. The molecule has 0 aromatic heterocycles. The minimum Gasteiger partial charge on any atom is -0.382 e. The molecular formula is C13H20N2O4S2. The highest BCUT2D eigenvalue weighted by molar-refractivity contribution is 7.91. The third kappa shape index (κ3) is 3.96. The van der Waals surface area contributed by atoms with E-state index >= 15 is 0 Å². The van der Waals surface area contributed by atoms with Crippen LogP contribution < -0.4 is 10.5 Å². The molecule has 1 saturated heterocycles. The van der Waals surface area contributed by atoms with E-state index in [9.17, 15) is 16.8 Å². The molecule has 1 aliphatic heterocycles. The maximum absolute atomic E-state index is 11.5. The average molecular weight is 332 g/mol. The molecule has 0 spiro atoms. The summed E-state index contributed by atoms with van der Waals surface area (Å²) in [4.78, 5) is 0.0662. The van der Waals surface area contributed by atoms with Crippen LogP contribution in [0.1, 0.15) is 24.0 Å². The first-order valence-electron chi connectivity index (χ1n) is 6.69. The first kappa shape index (κ1) is 16.3. The van der Waals surface area contributed by atoms with Gasteiger partial charge in [0.25, 0.3) is 0 Å². The normalized spacial score (nSPS) is 19.4. The van der Waals surface area contributed by atoms with E-state index in [-0.39, 0.29) is 22.4 Å². The van der Waals surface area contributed by atoms with Crippen LogP contribution in [0.5, 0.6) is 0 Å². The third-order valence-corrected chi connectivity index (χ3v) is 6.49. The second-order valence-corrected chi connectivity index (χ2v) is 9.39. The molecule has 0 atom stereocenters. The van der Waals surface area contributed by atoms with Gasteiger partial charge in [-0.1, -0.05) is 0 Å². The summed E-state index contributed by atoms with van der Waals surface area (Å²) in [6.07, 6.45) is 1.06. The monoisotopic (exact) mass is 332 g/mol. The van der Waals surface area contributed by atoms with Crippen molar-refractivity contribution in [3.63, 3.8) is 0 Å². The predicted molar refractivity (Wildman–Crippen MR) is 82.6 cm³/mol. The Balaban J connectivity index is 2.26. The van der Waals surface area contributed by atoms with Gasteiger partial charge in [0.2, 0.25) is 10.0 Å². The fraction of sp³-hybridized carbons (Fsp3) is 0.538. The minimum atomic E-state index is -3.76. The number of aryl methyl sites for hydroxylation is 1. The standard InChI is InChI=1S/C13H20N2O4S2/c1-9-7-12(21(14,18)19)8-13(10(9)2)15-11-3-5-20(16,17)6-4-11/h7-8,11,15H,3-6H2,1-2H3,(H2,14,18,19). The quantitative estimate of drug-likeness (QED) is 0.857. The highest BCUT2D eigenvalue weighted by Gasteiger charge is 2.24. The van der Waals surface area contributed by atoms with Gasteiger partial charge in [0.15, 0.2) is 0 Å². The molecule has 0 saturated carbocycles. The number of nitrogens with two attached hydrogens (primary N) is 1. The van der Waals surface area contributed by atoms with E-state index in [0.717, 1.165) is 11.1 Å². The number of primary sulfonamides is 1. The van der Waals surface area contributed by atoms with Gasteiger partial charge < -0.3 is 5.32 Å². The summed E-state index contributed by atoms with van der Waals surface area (Å²) in [5.41, 5.74) is 2.46. The zero-order chi connectivity index (χ0) is 15.8. The topological polar surface area (TPSA) is 106 Å². The van der Waals surface area contributed by atoms with Crippen LogP contribution >= 0.6 is 0 Å². The molecule has 0 aliphatic carbocycles. The molecule has 1 aromatic rings. The molecule has 21 heavy (non-hydrogen) atoms. The zero-order valence-electron chi connectivity index (χ0n) is 12.1. The summed E-state index contributed by atoms with van der Waals surface area (Å²) in [6.45, 7) is 3.71. The van der Waals surface area contributed by atoms with Crippen molar-refractivity contribution in [1.29, 1.82) is 0 Å². The molecule has 0 amide bonds. The van der Waals surface area contributed by atoms with E-state index in [4.69, 9.17) is 5.14 Å². The van der Waals surface area contributed by atoms with Gasteiger partial charge in [0, 0.05) is 11.7 Å². The van der Waals surface area contributed by atoms with Crippen LogP contribution in [0.2, 0.25) is 0 Å². The summed E-state index contributed by atoms with van der Waals surface area (Å²) in [5.74, 6) is 0.329. The number of hydrogen-bond acceptors (Lipinski definition) is 5. The number of sulfone groups is 1. The van der Waals surface area contributed by atoms with E-state index in [0.29, 0.717) is 18.5 Å². The Kier molecular flexibility index (Phi) is 4.32. The molecule has 3 N–H and O–H groups in total. The highest BCUT2D eigenvalue weighted by Crippen LogP contribution is 2.26. The minimum absolute atomic E-state index is 0.0300. The molecule has 6 nitrogen and oxygen atoms in total. The molecule has 1 fully saturated rings. The second kappa shape index (κ2) is 5.58. The van der Waals surface area contributed by atoms with Crippen molar-refractivity contribution >= 4 is 25.5 Å². The molecule has 118 valence electrons. The Morgan fingerprint density at radius 3 is 2.29 bits per heavy atom. The van der Waals surface area contributed by atoms with E-state index in [1.54, 1.807) is 6.07 Å². The Morgan fingerprint density at radius 1 is 1.19 bits per heavy atom. The lowest BCUT2D eigenvalue weighted by Gasteiger charge is -2.25. The second-order valence-electron chi connectivity index (χ2n) is 5.53. The molecular weight excluding hydrogens is 312 g/mol. The summed E-state index contributed by atoms with van der Waals surface area (Å²) < 4.78 is 45.9. The number of rotatable bonds is 3. The molecule has 0 unspecified atom stereocenters. The van der Waals surface area contributed by atoms with E-state index in [1.807, 2.05) is 13.8 Å². The first-order valence-corrected chi connectivity index (χ1v) is 10.1. The van der Waals surface area contributed by atoms with Gasteiger partial charge in [0.05, 0.1) is 16.4 Å². The molecule has 0 radical (unpaired) electrons. The van der Waals surface area contributed by atoms with Crippen molar-refractivity contribution in [2.45, 2.75) is 37.6 Å². The predicted octanol–water partition coefficient (Wildman–Crippen LogP) is 0.940. The number of benzene rings is 1. The lowest BCUT2D eigenvalue weighted by atomic mass is 10.1. The summed E-state index contributed by atoms with van der Waals surface area (Å²) in [7, 11) is -6.67. The van der Waals surface area contributed by atoms with Gasteiger partial charge in [-0.3, -0.25) is 0 Å². The van der Waals surface area contributed by atoms with Crippen LogP contribution in [-0.2, 0) is 19.9 Å². The lowest BCUT2D eigenvalue weighted by molar-refractivity contribution is 0.559. The Hall–Kier alpha value is -1.12. The van der Waals surface area contributed by atoms with Gasteiger partial charge in [-0.05, 0) is 49.9 Å². The fourth-order valence-electron chi connectivity index (χ4n) is 2.39. The molecule has 1 aliphatic rings. The SMILES string of the molecule is Cc1cc(S(N)(=O)=O)cc(NC2CCS(=O)(=O)CC2)c1C. The molecule has 8 heteroatoms. The lowest BCUT2D eigenvalue weighted by Crippen LogP contribution is -2.32. The molecule has 1 heterocycles. The van der Waals surface area contributed by atoms with Crippen LogP contribution in [0.4, 0.5) is 5.69 Å². The zero-order valence-corrected chi connectivity index (χ0v) is 13.7. The maximum Gasteiger partial charge on any atom is 0.238 e. The van der Waals surface area contributed by atoms with Gasteiger partial charge in [-0.15, -0.1) is 0 Å². The number of sulfonamides is 1. The van der Waals surface area contributed by atoms with Crippen molar-refractivity contribution in [3.8, 4) is 0 Å². The van der Waals surface area contributed by atoms with E-state index < -0.39 is 19.9 Å². The first-order chi connectivity index (χ1) is 9.58. The van der Waals surface area contributed by atoms with Crippen LogP contribution in [0, 0.1) is 13.8 Å². The van der Waals surface area contributed by atoms with Crippen LogP contribution in [-0.4, -0.2) is 34.4 Å². The van der Waals surface area contributed by atoms with Gasteiger partial charge in [-0.2, -0.15) is 0 Å². The van der Waals surface area contributed by atoms with Crippen molar-refractivity contribution in [2.24, 2.45) is 5.14 Å². The Labute approximate surface area is 125 Å². The van der Waals surface area contributed by atoms with Crippen molar-refractivity contribution in [1.82, 2.24) is 0 Å². The van der Waals surface area contributed by atoms with Crippen LogP contribution in [0.25, 0.3) is 0 Å². The molecule has 1 aromatic carbocycles. The van der Waals surface area contributed by atoms with E-state index in [1.165, 1.54) is 6.07 Å². The molecule has 0 bridgehead atoms. The van der Waals surface area contributed by atoms with Gasteiger partial charge in [-0.25, -0.2) is 22.0 Å². The van der Waals surface area contributed by atoms with Gasteiger partial charge in [0.1, 0.15) is 9.84 Å². The number of nitrogens with one attached hydrogen (secondary N) is 1. The molecule has 2 rings (SSSR count). The van der Waals surface area contributed by atoms with Crippen LogP contribution in [0.3, 0.4) is 0 Å². The Morgan fingerprint density at radius 2 is 1.76 bits per heavy atom. The third-order valence-electron chi connectivity index (χ3n) is 3.88. The highest BCUT2D eigenvalue weighted by atomic mass is 32.2. The maximum atomic E-state index is 11.5. The number of hydrogen-bond donors (Lipinski definition) is 2. The van der Waals surface area contributed by atoms with Crippen molar-refractivity contribution in [2.75, 3.05) is 16.8 Å². The largest absolute Gasteiger partial charge is 0.382 e. The van der Waals surface area contributed by atoms with Crippen molar-refractivity contribution in [3.05, 3.63) is 23.3 Å². The fourth-order valence-corrected chi connectivity index (χ4v) is 4.51. The van der Waals surface area contributed by atoms with Crippen LogP contribution in [0.15, 0.2) is 17.0 Å². The van der Waals surface area contributed by atoms with Gasteiger partial charge >= 0.3 is 0 Å². The average Bonchev–Trinajstić information content (AvgIpc) is 2.35. The Bertz CT molecular complexity index is 741. The number of anilines is 1. The van der Waals surface area contributed by atoms with Crippen molar-refractivity contribution < 1.29 is 16.8 Å². The summed E-state index contributed by atoms with van der Waals surface area (Å²) >= 11 is 0. The smallest absolute Gasteiger partial charge is 0.238 e. The van der Waals surface area contributed by atoms with E-state index in [2.05, 4.69) is 5.32 Å². The summed E-state index contributed by atoms with van der Waals surface area (Å²) in [5, 5.41) is 8.43.